The second-order valence-electron chi connectivity index (χ2n) is 6.93. The first-order valence-electron chi connectivity index (χ1n) is 9.35. The third-order valence-corrected chi connectivity index (χ3v) is 6.77. The molecular weight excluding hydrogens is 400 g/mol. The van der Waals surface area contributed by atoms with Gasteiger partial charge in [0, 0.05) is 12.6 Å². The van der Waals surface area contributed by atoms with Crippen molar-refractivity contribution in [2.75, 3.05) is 14.2 Å². The molecule has 30 heavy (non-hydrogen) atoms. The van der Waals surface area contributed by atoms with Crippen molar-refractivity contribution in [3.63, 3.8) is 0 Å². The zero-order valence-electron chi connectivity index (χ0n) is 17.1. The molecule has 0 atom stereocenters. The normalized spacial score (nSPS) is 12.0. The maximum atomic E-state index is 13.1. The molecule has 0 spiro atoms. The second-order valence-corrected chi connectivity index (χ2v) is 8.87. The molecule has 0 aliphatic rings. The SMILES string of the molecule is CON(C)S(=O)(=O)c1ccc(C(=O)NC(C)(c2ccccc2)c2ccccc2)cc1. The van der Waals surface area contributed by atoms with Crippen molar-refractivity contribution in [2.24, 2.45) is 0 Å². The standard InChI is InChI=1S/C23H24N2O4S/c1-23(19-10-6-4-7-11-19,20-12-8-5-9-13-20)24-22(26)18-14-16-21(17-15-18)30(27,28)25(2)29-3/h4-17H,1-3H3,(H,24,26). The Morgan fingerprint density at radius 1 is 0.867 bits per heavy atom. The molecule has 7 heteroatoms. The summed E-state index contributed by atoms with van der Waals surface area (Å²) in [6, 6.07) is 25.2. The molecular formula is C23H24N2O4S. The summed E-state index contributed by atoms with van der Waals surface area (Å²) in [6.07, 6.45) is 0. The monoisotopic (exact) mass is 424 g/mol. The molecule has 3 aromatic rings. The van der Waals surface area contributed by atoms with Crippen molar-refractivity contribution in [3.8, 4) is 0 Å². The molecule has 0 fully saturated rings. The summed E-state index contributed by atoms with van der Waals surface area (Å²) in [5, 5.41) is 3.11. The number of hydrogen-bond donors (Lipinski definition) is 1. The number of nitrogens with one attached hydrogen (secondary N) is 1. The van der Waals surface area contributed by atoms with Crippen molar-refractivity contribution in [1.29, 1.82) is 0 Å². The van der Waals surface area contributed by atoms with E-state index in [2.05, 4.69) is 5.32 Å². The van der Waals surface area contributed by atoms with Crippen molar-refractivity contribution >= 4 is 15.9 Å². The average molecular weight is 425 g/mol. The molecule has 0 aliphatic heterocycles. The van der Waals surface area contributed by atoms with Gasteiger partial charge >= 0.3 is 0 Å². The van der Waals surface area contributed by atoms with E-state index >= 15 is 0 Å². The molecule has 1 amide bonds. The van der Waals surface area contributed by atoms with Crippen LogP contribution in [0.4, 0.5) is 0 Å². The van der Waals surface area contributed by atoms with Gasteiger partial charge in [-0.15, -0.1) is 0 Å². The summed E-state index contributed by atoms with van der Waals surface area (Å²) in [5.41, 5.74) is 1.46. The number of rotatable bonds is 7. The largest absolute Gasteiger partial charge is 0.339 e. The van der Waals surface area contributed by atoms with Crippen LogP contribution in [0.15, 0.2) is 89.8 Å². The molecule has 0 unspecified atom stereocenters. The van der Waals surface area contributed by atoms with Crippen LogP contribution >= 0.6 is 0 Å². The Kier molecular flexibility index (Phi) is 6.36. The lowest BCUT2D eigenvalue weighted by Crippen LogP contribution is -2.44. The number of amides is 1. The van der Waals surface area contributed by atoms with Crippen molar-refractivity contribution in [2.45, 2.75) is 17.4 Å². The number of carbonyl (C=O) groups is 1. The summed E-state index contributed by atoms with van der Waals surface area (Å²) in [6.45, 7) is 1.95. The van der Waals surface area contributed by atoms with Crippen molar-refractivity contribution in [1.82, 2.24) is 9.79 Å². The topological polar surface area (TPSA) is 75.7 Å². The van der Waals surface area contributed by atoms with Gasteiger partial charge in [-0.1, -0.05) is 65.1 Å². The van der Waals surface area contributed by atoms with E-state index in [-0.39, 0.29) is 10.8 Å². The molecule has 0 saturated carbocycles. The van der Waals surface area contributed by atoms with Gasteiger partial charge in [-0.3, -0.25) is 9.63 Å². The number of sulfonamides is 1. The molecule has 156 valence electrons. The first-order chi connectivity index (χ1) is 14.3. The van der Waals surface area contributed by atoms with Gasteiger partial charge in [0.25, 0.3) is 15.9 Å². The zero-order valence-corrected chi connectivity index (χ0v) is 17.9. The Hall–Kier alpha value is -3.00. The van der Waals surface area contributed by atoms with Gasteiger partial charge in [0.05, 0.1) is 17.5 Å². The summed E-state index contributed by atoms with van der Waals surface area (Å²) in [7, 11) is -1.20. The number of benzene rings is 3. The first kappa shape index (κ1) is 21.7. The van der Waals surface area contributed by atoms with Gasteiger partial charge in [0.1, 0.15) is 0 Å². The van der Waals surface area contributed by atoms with Crippen LogP contribution in [0.3, 0.4) is 0 Å². The van der Waals surface area contributed by atoms with Gasteiger partial charge in [-0.25, -0.2) is 8.42 Å². The summed E-state index contributed by atoms with van der Waals surface area (Å²) in [4.78, 5) is 17.9. The highest BCUT2D eigenvalue weighted by molar-refractivity contribution is 7.89. The van der Waals surface area contributed by atoms with E-state index < -0.39 is 15.6 Å². The minimum Gasteiger partial charge on any atom is -0.339 e. The highest BCUT2D eigenvalue weighted by Crippen LogP contribution is 2.29. The van der Waals surface area contributed by atoms with E-state index in [1.807, 2.05) is 67.6 Å². The van der Waals surface area contributed by atoms with Crippen LogP contribution in [-0.4, -0.2) is 33.0 Å². The van der Waals surface area contributed by atoms with Crippen molar-refractivity contribution in [3.05, 3.63) is 102 Å². The summed E-state index contributed by atoms with van der Waals surface area (Å²) >= 11 is 0. The lowest BCUT2D eigenvalue weighted by molar-refractivity contribution is -0.0258. The number of carbonyl (C=O) groups excluding carboxylic acids is 1. The summed E-state index contributed by atoms with van der Waals surface area (Å²) < 4.78 is 25.5. The van der Waals surface area contributed by atoms with Gasteiger partial charge in [0.15, 0.2) is 0 Å². The Morgan fingerprint density at radius 2 is 1.33 bits per heavy atom. The molecule has 0 heterocycles. The average Bonchev–Trinajstić information content (AvgIpc) is 2.79. The fourth-order valence-electron chi connectivity index (χ4n) is 3.18. The van der Waals surface area contributed by atoms with Crippen LogP contribution in [0, 0.1) is 0 Å². The van der Waals surface area contributed by atoms with Crippen LogP contribution in [-0.2, 0) is 20.4 Å². The highest BCUT2D eigenvalue weighted by atomic mass is 32.2. The van der Waals surface area contributed by atoms with E-state index in [1.54, 1.807) is 0 Å². The van der Waals surface area contributed by atoms with Crippen LogP contribution in [0.1, 0.15) is 28.4 Å². The van der Waals surface area contributed by atoms with Gasteiger partial charge in [0.2, 0.25) is 0 Å². The fraction of sp³-hybridized carbons (Fsp3) is 0.174. The maximum Gasteiger partial charge on any atom is 0.264 e. The van der Waals surface area contributed by atoms with Gasteiger partial charge < -0.3 is 5.32 Å². The summed E-state index contributed by atoms with van der Waals surface area (Å²) in [5.74, 6) is -0.311. The van der Waals surface area contributed by atoms with Crippen molar-refractivity contribution < 1.29 is 18.0 Å². The molecule has 0 saturated heterocycles. The smallest absolute Gasteiger partial charge is 0.264 e. The van der Waals surface area contributed by atoms with E-state index in [4.69, 9.17) is 4.84 Å². The maximum absolute atomic E-state index is 13.1. The molecule has 1 N–H and O–H groups in total. The van der Waals surface area contributed by atoms with E-state index in [9.17, 15) is 13.2 Å². The lowest BCUT2D eigenvalue weighted by atomic mass is 9.84. The number of hydrogen-bond acceptors (Lipinski definition) is 4. The minimum absolute atomic E-state index is 0.0391. The van der Waals surface area contributed by atoms with Crippen LogP contribution in [0.5, 0.6) is 0 Å². The number of hydroxylamine groups is 1. The Morgan fingerprint density at radius 3 is 1.77 bits per heavy atom. The molecule has 3 aromatic carbocycles. The zero-order chi connectivity index (χ0) is 21.8. The Labute approximate surface area is 177 Å². The molecule has 6 nitrogen and oxygen atoms in total. The predicted molar refractivity (Wildman–Crippen MR) is 115 cm³/mol. The highest BCUT2D eigenvalue weighted by Gasteiger charge is 2.31. The molecule has 0 bridgehead atoms. The quantitative estimate of drug-likeness (QED) is 0.589. The van der Waals surface area contributed by atoms with E-state index in [1.165, 1.54) is 38.4 Å². The van der Waals surface area contributed by atoms with E-state index in [0.29, 0.717) is 5.56 Å². The molecule has 0 aliphatic carbocycles. The Balaban J connectivity index is 1.92. The molecule has 0 radical (unpaired) electrons. The second kappa shape index (κ2) is 8.79. The lowest BCUT2D eigenvalue weighted by Gasteiger charge is -2.32. The Bertz CT molecular complexity index is 1060. The molecule has 0 aromatic heterocycles. The third kappa shape index (κ3) is 4.28. The number of nitrogens with zero attached hydrogens (tertiary/aromatic N) is 1. The molecule has 3 rings (SSSR count). The van der Waals surface area contributed by atoms with Crippen LogP contribution in [0.25, 0.3) is 0 Å². The van der Waals surface area contributed by atoms with Crippen LogP contribution in [0.2, 0.25) is 0 Å². The van der Waals surface area contributed by atoms with E-state index in [0.717, 1.165) is 15.6 Å². The minimum atomic E-state index is -3.77. The van der Waals surface area contributed by atoms with Gasteiger partial charge in [-0.2, -0.15) is 0 Å². The van der Waals surface area contributed by atoms with Crippen LogP contribution < -0.4 is 5.32 Å². The van der Waals surface area contributed by atoms with Gasteiger partial charge in [-0.05, 0) is 42.3 Å². The fourth-order valence-corrected chi connectivity index (χ4v) is 4.15. The third-order valence-electron chi connectivity index (χ3n) is 5.08. The first-order valence-corrected chi connectivity index (χ1v) is 10.8. The predicted octanol–water partition coefficient (Wildman–Crippen LogP) is 3.56.